The number of aromatic nitrogens is 2. The zero-order valence-electron chi connectivity index (χ0n) is 11.9. The van der Waals surface area contributed by atoms with Gasteiger partial charge < -0.3 is 10.2 Å². The van der Waals surface area contributed by atoms with Gasteiger partial charge in [0, 0.05) is 37.1 Å². The minimum atomic E-state index is -4.45. The molecule has 1 atom stereocenters. The maximum absolute atomic E-state index is 12.9. The predicted molar refractivity (Wildman–Crippen MR) is 81.7 cm³/mol. The van der Waals surface area contributed by atoms with Gasteiger partial charge in [0.25, 0.3) is 0 Å². The van der Waals surface area contributed by atoms with Crippen LogP contribution in [-0.4, -0.2) is 29.1 Å². The number of rotatable bonds is 1. The van der Waals surface area contributed by atoms with E-state index in [1.165, 1.54) is 6.20 Å². The molecule has 0 aliphatic carbocycles. The van der Waals surface area contributed by atoms with E-state index < -0.39 is 11.7 Å². The van der Waals surface area contributed by atoms with Gasteiger partial charge in [-0.25, -0.2) is 4.98 Å². The van der Waals surface area contributed by atoms with Crippen LogP contribution in [0.25, 0.3) is 11.3 Å². The molecule has 0 spiro atoms. The Morgan fingerprint density at radius 2 is 2.09 bits per heavy atom. The Labute approximate surface area is 135 Å². The predicted octanol–water partition coefficient (Wildman–Crippen LogP) is 3.82. The fourth-order valence-electron chi connectivity index (χ4n) is 3.04. The SMILES string of the molecule is FC(F)(F)c1cncc(-c2nc3c(cc2Cl)N2CC[C@@H](C2)N3)c1. The first-order valence-corrected chi connectivity index (χ1v) is 7.54. The fourth-order valence-corrected chi connectivity index (χ4v) is 3.30. The molecule has 4 heterocycles. The molecule has 1 saturated heterocycles. The van der Waals surface area contributed by atoms with Crippen molar-refractivity contribution in [1.29, 1.82) is 0 Å². The summed E-state index contributed by atoms with van der Waals surface area (Å²) in [6, 6.07) is 3.10. The minimum absolute atomic E-state index is 0.252. The number of nitrogens with zero attached hydrogens (tertiary/aromatic N) is 3. The average molecular weight is 341 g/mol. The topological polar surface area (TPSA) is 41.1 Å². The molecule has 0 saturated carbocycles. The van der Waals surface area contributed by atoms with Gasteiger partial charge in [-0.2, -0.15) is 13.2 Å². The van der Waals surface area contributed by atoms with Gasteiger partial charge in [0.1, 0.15) is 0 Å². The van der Waals surface area contributed by atoms with E-state index in [4.69, 9.17) is 11.6 Å². The van der Waals surface area contributed by atoms with E-state index >= 15 is 0 Å². The molecule has 1 N–H and O–H groups in total. The highest BCUT2D eigenvalue weighted by Gasteiger charge is 2.33. The van der Waals surface area contributed by atoms with Crippen LogP contribution in [-0.2, 0) is 6.18 Å². The summed E-state index contributed by atoms with van der Waals surface area (Å²) >= 11 is 6.27. The van der Waals surface area contributed by atoms with Gasteiger partial charge in [0.05, 0.1) is 22.0 Å². The molecule has 1 fully saturated rings. The number of pyridine rings is 2. The van der Waals surface area contributed by atoms with Crippen molar-refractivity contribution in [2.45, 2.75) is 18.6 Å². The van der Waals surface area contributed by atoms with Gasteiger partial charge in [-0.3, -0.25) is 4.98 Å². The molecule has 2 aromatic heterocycles. The Hall–Kier alpha value is -2.02. The molecule has 2 aliphatic heterocycles. The lowest BCUT2D eigenvalue weighted by Gasteiger charge is -2.28. The van der Waals surface area contributed by atoms with Crippen molar-refractivity contribution in [2.75, 3.05) is 23.3 Å². The molecule has 4 nitrogen and oxygen atoms in total. The van der Waals surface area contributed by atoms with Crippen molar-refractivity contribution in [3.05, 3.63) is 35.1 Å². The summed E-state index contributed by atoms with van der Waals surface area (Å²) in [6.45, 7) is 1.82. The van der Waals surface area contributed by atoms with Crippen LogP contribution in [0.1, 0.15) is 12.0 Å². The normalized spacial score (nSPS) is 19.5. The van der Waals surface area contributed by atoms with E-state index in [-0.39, 0.29) is 5.56 Å². The second kappa shape index (κ2) is 4.99. The number of anilines is 2. The van der Waals surface area contributed by atoms with Crippen LogP contribution in [0.3, 0.4) is 0 Å². The number of alkyl halides is 3. The smallest absolute Gasteiger partial charge is 0.366 e. The average Bonchev–Trinajstić information content (AvgIpc) is 2.90. The van der Waals surface area contributed by atoms with Crippen LogP contribution in [0.2, 0.25) is 5.02 Å². The first-order chi connectivity index (χ1) is 10.9. The lowest BCUT2D eigenvalue weighted by molar-refractivity contribution is -0.137. The van der Waals surface area contributed by atoms with Gasteiger partial charge in [0.15, 0.2) is 5.82 Å². The highest BCUT2D eigenvalue weighted by Crippen LogP contribution is 2.40. The molecule has 0 unspecified atom stereocenters. The first-order valence-electron chi connectivity index (χ1n) is 7.16. The van der Waals surface area contributed by atoms with Crippen molar-refractivity contribution in [1.82, 2.24) is 9.97 Å². The first kappa shape index (κ1) is 14.6. The van der Waals surface area contributed by atoms with Gasteiger partial charge >= 0.3 is 6.18 Å². The lowest BCUT2D eigenvalue weighted by Crippen LogP contribution is -2.32. The lowest BCUT2D eigenvalue weighted by atomic mass is 10.1. The quantitative estimate of drug-likeness (QED) is 0.857. The third-order valence-electron chi connectivity index (χ3n) is 4.16. The van der Waals surface area contributed by atoms with Crippen LogP contribution in [0.4, 0.5) is 24.7 Å². The van der Waals surface area contributed by atoms with E-state index in [9.17, 15) is 13.2 Å². The molecule has 2 bridgehead atoms. The zero-order valence-corrected chi connectivity index (χ0v) is 12.6. The summed E-state index contributed by atoms with van der Waals surface area (Å²) in [6.07, 6.45) is -1.31. The van der Waals surface area contributed by atoms with Crippen LogP contribution in [0, 0.1) is 0 Å². The molecule has 4 rings (SSSR count). The Kier molecular flexibility index (Phi) is 3.16. The van der Waals surface area contributed by atoms with Gasteiger partial charge in [-0.05, 0) is 18.6 Å². The van der Waals surface area contributed by atoms with E-state index in [0.717, 1.165) is 37.5 Å². The molecular formula is C15H12ClF3N4. The number of nitrogens with one attached hydrogen (secondary N) is 1. The Bertz CT molecular complexity index is 778. The molecule has 0 aromatic carbocycles. The van der Waals surface area contributed by atoms with E-state index in [1.54, 1.807) is 6.07 Å². The van der Waals surface area contributed by atoms with E-state index in [1.807, 2.05) is 0 Å². The minimum Gasteiger partial charge on any atom is -0.366 e. The summed E-state index contributed by atoms with van der Waals surface area (Å²) in [5, 5.41) is 3.63. The molecule has 8 heteroatoms. The number of fused-ring (bicyclic) bond motifs is 4. The Morgan fingerprint density at radius 1 is 1.26 bits per heavy atom. The van der Waals surface area contributed by atoms with Crippen molar-refractivity contribution in [2.24, 2.45) is 0 Å². The standard InChI is InChI=1S/C15H12ClF3N4/c16-11-4-12-14(21-10-1-2-23(12)7-10)22-13(11)8-3-9(6-20-5-8)15(17,18)19/h3-6,10H,1-2,7H2,(H,21,22)/t10-/m0/s1. The molecule has 0 amide bonds. The molecule has 2 aromatic rings. The second-order valence-electron chi connectivity index (χ2n) is 5.72. The van der Waals surface area contributed by atoms with Gasteiger partial charge in [0.2, 0.25) is 0 Å². The molecule has 23 heavy (non-hydrogen) atoms. The third-order valence-corrected chi connectivity index (χ3v) is 4.45. The Balaban J connectivity index is 1.80. The summed E-state index contributed by atoms with van der Waals surface area (Å²) in [5.41, 5.74) is 0.635. The maximum atomic E-state index is 12.9. The van der Waals surface area contributed by atoms with Crippen molar-refractivity contribution >= 4 is 23.1 Å². The highest BCUT2D eigenvalue weighted by atomic mass is 35.5. The van der Waals surface area contributed by atoms with Crippen LogP contribution < -0.4 is 10.2 Å². The zero-order chi connectivity index (χ0) is 16.2. The maximum Gasteiger partial charge on any atom is 0.417 e. The van der Waals surface area contributed by atoms with E-state index in [0.29, 0.717) is 22.6 Å². The molecular weight excluding hydrogens is 329 g/mol. The van der Waals surface area contributed by atoms with Crippen LogP contribution >= 0.6 is 11.6 Å². The molecule has 2 aliphatic rings. The molecule has 0 radical (unpaired) electrons. The number of hydrogen-bond donors (Lipinski definition) is 1. The molecule has 120 valence electrons. The van der Waals surface area contributed by atoms with E-state index in [2.05, 4.69) is 20.2 Å². The monoisotopic (exact) mass is 340 g/mol. The van der Waals surface area contributed by atoms with Crippen molar-refractivity contribution < 1.29 is 13.2 Å². The van der Waals surface area contributed by atoms with Crippen molar-refractivity contribution in [3.63, 3.8) is 0 Å². The second-order valence-corrected chi connectivity index (χ2v) is 6.13. The largest absolute Gasteiger partial charge is 0.417 e. The van der Waals surface area contributed by atoms with Gasteiger partial charge in [-0.15, -0.1) is 0 Å². The Morgan fingerprint density at radius 3 is 2.87 bits per heavy atom. The number of halogens is 4. The summed E-state index contributed by atoms with van der Waals surface area (Å²) in [7, 11) is 0. The summed E-state index contributed by atoms with van der Waals surface area (Å²) < 4.78 is 38.6. The highest BCUT2D eigenvalue weighted by molar-refractivity contribution is 6.33. The van der Waals surface area contributed by atoms with Crippen LogP contribution in [0.5, 0.6) is 0 Å². The third kappa shape index (κ3) is 2.49. The fraction of sp³-hybridized carbons (Fsp3) is 0.333. The van der Waals surface area contributed by atoms with Gasteiger partial charge in [-0.1, -0.05) is 11.6 Å². The van der Waals surface area contributed by atoms with Crippen LogP contribution in [0.15, 0.2) is 24.5 Å². The summed E-state index contributed by atoms with van der Waals surface area (Å²) in [4.78, 5) is 10.3. The summed E-state index contributed by atoms with van der Waals surface area (Å²) in [5.74, 6) is 0.663. The number of hydrogen-bond acceptors (Lipinski definition) is 4. The van der Waals surface area contributed by atoms with Crippen molar-refractivity contribution in [3.8, 4) is 11.3 Å².